The normalized spacial score (nSPS) is 16.5. The van der Waals surface area contributed by atoms with E-state index in [-0.39, 0.29) is 25.9 Å². The van der Waals surface area contributed by atoms with Gasteiger partial charge in [-0.25, -0.2) is 4.79 Å². The van der Waals surface area contributed by atoms with Crippen LogP contribution in [0.3, 0.4) is 0 Å². The molecule has 6 nitrogen and oxygen atoms in total. The smallest absolute Gasteiger partial charge is 0.341 e. The molecule has 0 aliphatic carbocycles. The van der Waals surface area contributed by atoms with Gasteiger partial charge in [-0.15, -0.1) is 0 Å². The summed E-state index contributed by atoms with van der Waals surface area (Å²) in [4.78, 5) is 35.0. The number of hydrogen-bond acceptors (Lipinski definition) is 5. The number of nitrogens with zero attached hydrogens (tertiary/aromatic N) is 1. The molecular formula is C13H9Cl2NO5S. The lowest BCUT2D eigenvalue weighted by molar-refractivity contribution is -0.139. The lowest BCUT2D eigenvalue weighted by atomic mass is 10.2. The molecule has 0 aromatic heterocycles. The second-order valence-corrected chi connectivity index (χ2v) is 6.04. The van der Waals surface area contributed by atoms with Crippen LogP contribution < -0.4 is 4.74 Å². The van der Waals surface area contributed by atoms with Gasteiger partial charge >= 0.3 is 5.97 Å². The maximum Gasteiger partial charge on any atom is 0.341 e. The first-order chi connectivity index (χ1) is 10.3. The Bertz CT molecular complexity index is 681. The van der Waals surface area contributed by atoms with E-state index in [4.69, 9.17) is 33.0 Å². The second-order valence-electron chi connectivity index (χ2n) is 4.24. The van der Waals surface area contributed by atoms with Gasteiger partial charge in [0.15, 0.2) is 12.4 Å². The van der Waals surface area contributed by atoms with Gasteiger partial charge in [0.25, 0.3) is 11.1 Å². The number of aliphatic carboxylic acids is 1. The van der Waals surface area contributed by atoms with E-state index in [9.17, 15) is 14.4 Å². The molecule has 9 heteroatoms. The number of benzene rings is 1. The Labute approximate surface area is 139 Å². The number of imide groups is 1. The molecule has 1 aliphatic heterocycles. The van der Waals surface area contributed by atoms with E-state index in [1.54, 1.807) is 0 Å². The van der Waals surface area contributed by atoms with Crippen LogP contribution in [0.2, 0.25) is 10.0 Å². The summed E-state index contributed by atoms with van der Waals surface area (Å²) < 4.78 is 4.99. The minimum Gasteiger partial charge on any atom is -0.479 e. The van der Waals surface area contributed by atoms with Crippen molar-refractivity contribution in [2.45, 2.75) is 0 Å². The van der Waals surface area contributed by atoms with Crippen LogP contribution in [0.4, 0.5) is 4.79 Å². The van der Waals surface area contributed by atoms with Crippen LogP contribution in [-0.2, 0) is 9.59 Å². The number of likely N-dealkylation sites (N-methyl/N-ethyl adjacent to an activating group) is 1. The molecule has 0 spiro atoms. The monoisotopic (exact) mass is 361 g/mol. The highest BCUT2D eigenvalue weighted by Crippen LogP contribution is 2.37. The first kappa shape index (κ1) is 16.7. The third-order valence-electron chi connectivity index (χ3n) is 2.64. The van der Waals surface area contributed by atoms with Gasteiger partial charge in [-0.05, 0) is 35.5 Å². The molecule has 1 aromatic rings. The fourth-order valence-electron chi connectivity index (χ4n) is 1.63. The molecule has 22 heavy (non-hydrogen) atoms. The molecule has 0 radical (unpaired) electrons. The van der Waals surface area contributed by atoms with Crippen molar-refractivity contribution >= 4 is 58.2 Å². The highest BCUT2D eigenvalue weighted by atomic mass is 35.5. The Balaban J connectivity index is 2.29. The van der Waals surface area contributed by atoms with E-state index < -0.39 is 18.5 Å². The number of carbonyl (C=O) groups excluding carboxylic acids is 2. The van der Waals surface area contributed by atoms with Gasteiger partial charge in [-0.2, -0.15) is 0 Å². The molecule has 1 heterocycles. The summed E-state index contributed by atoms with van der Waals surface area (Å²) in [6, 6.07) is 2.93. The maximum atomic E-state index is 11.8. The fourth-order valence-corrected chi connectivity index (χ4v) is 3.07. The summed E-state index contributed by atoms with van der Waals surface area (Å²) in [7, 11) is 1.39. The number of carboxylic acids is 1. The molecule has 116 valence electrons. The molecule has 1 N–H and O–H groups in total. The highest BCUT2D eigenvalue weighted by molar-refractivity contribution is 8.18. The Kier molecular flexibility index (Phi) is 5.00. The van der Waals surface area contributed by atoms with Crippen molar-refractivity contribution in [1.82, 2.24) is 4.90 Å². The second kappa shape index (κ2) is 6.60. The van der Waals surface area contributed by atoms with Crippen molar-refractivity contribution in [3.8, 4) is 5.75 Å². The van der Waals surface area contributed by atoms with Crippen LogP contribution in [0.25, 0.3) is 6.08 Å². The third-order valence-corrected chi connectivity index (χ3v) is 4.17. The van der Waals surface area contributed by atoms with E-state index in [1.807, 2.05) is 0 Å². The minimum absolute atomic E-state index is 0.0477. The van der Waals surface area contributed by atoms with Crippen molar-refractivity contribution in [2.24, 2.45) is 0 Å². The molecule has 0 saturated carbocycles. The zero-order valence-corrected chi connectivity index (χ0v) is 13.5. The quantitative estimate of drug-likeness (QED) is 0.829. The van der Waals surface area contributed by atoms with Crippen molar-refractivity contribution in [3.63, 3.8) is 0 Å². The summed E-state index contributed by atoms with van der Waals surface area (Å²) >= 11 is 12.8. The fraction of sp³-hybridized carbons (Fsp3) is 0.154. The molecule has 0 unspecified atom stereocenters. The van der Waals surface area contributed by atoms with Crippen LogP contribution in [0.1, 0.15) is 5.56 Å². The first-order valence-corrected chi connectivity index (χ1v) is 7.42. The zero-order chi connectivity index (χ0) is 16.4. The Morgan fingerprint density at radius 3 is 2.41 bits per heavy atom. The zero-order valence-electron chi connectivity index (χ0n) is 11.1. The topological polar surface area (TPSA) is 83.9 Å². The number of halogens is 2. The summed E-state index contributed by atoms with van der Waals surface area (Å²) in [6.45, 7) is -0.576. The Hall–Kier alpha value is -1.70. The van der Waals surface area contributed by atoms with Crippen molar-refractivity contribution in [3.05, 3.63) is 32.6 Å². The average molecular weight is 362 g/mol. The summed E-state index contributed by atoms with van der Waals surface area (Å²) in [6.07, 6.45) is 1.48. The van der Waals surface area contributed by atoms with Crippen LogP contribution in [-0.4, -0.2) is 40.8 Å². The SMILES string of the molecule is CN1C(=O)S/C(=C\c2cc(Cl)c(OCC(=O)O)c(Cl)c2)C1=O. The lowest BCUT2D eigenvalue weighted by Gasteiger charge is -2.09. The van der Waals surface area contributed by atoms with Crippen molar-refractivity contribution in [1.29, 1.82) is 0 Å². The Morgan fingerprint density at radius 2 is 1.95 bits per heavy atom. The van der Waals surface area contributed by atoms with Crippen LogP contribution in [0.15, 0.2) is 17.0 Å². The number of rotatable bonds is 4. The molecule has 1 saturated heterocycles. The number of carboxylic acid groups (broad SMARTS) is 1. The van der Waals surface area contributed by atoms with Crippen LogP contribution >= 0.6 is 35.0 Å². The van der Waals surface area contributed by atoms with E-state index >= 15 is 0 Å². The third kappa shape index (κ3) is 3.55. The predicted octanol–water partition coefficient (Wildman–Crippen LogP) is 3.12. The van der Waals surface area contributed by atoms with Gasteiger partial charge in [0.1, 0.15) is 0 Å². The number of ether oxygens (including phenoxy) is 1. The maximum absolute atomic E-state index is 11.8. The van der Waals surface area contributed by atoms with Gasteiger partial charge in [0.05, 0.1) is 15.0 Å². The standard InChI is InChI=1S/C13H9Cl2NO5S/c1-16-12(19)9(22-13(16)20)4-6-2-7(14)11(8(15)3-6)21-5-10(17)18/h2-4H,5H2,1H3,(H,17,18)/b9-4-. The summed E-state index contributed by atoms with van der Waals surface area (Å²) in [5.74, 6) is -1.52. The van der Waals surface area contributed by atoms with Crippen molar-refractivity contribution in [2.75, 3.05) is 13.7 Å². The first-order valence-electron chi connectivity index (χ1n) is 5.85. The molecule has 1 fully saturated rings. The molecule has 2 amide bonds. The van der Waals surface area contributed by atoms with Gasteiger partial charge in [-0.1, -0.05) is 23.2 Å². The lowest BCUT2D eigenvalue weighted by Crippen LogP contribution is -2.22. The average Bonchev–Trinajstić information content (AvgIpc) is 2.65. The number of carbonyl (C=O) groups is 3. The molecule has 1 aromatic carbocycles. The molecular weight excluding hydrogens is 353 g/mol. The molecule has 2 rings (SSSR count). The predicted molar refractivity (Wildman–Crippen MR) is 83.3 cm³/mol. The molecule has 0 atom stereocenters. The number of thioether (sulfide) groups is 1. The van der Waals surface area contributed by atoms with Crippen molar-refractivity contribution < 1.29 is 24.2 Å². The van der Waals surface area contributed by atoms with Crippen LogP contribution in [0.5, 0.6) is 5.75 Å². The van der Waals surface area contributed by atoms with Gasteiger partial charge in [-0.3, -0.25) is 14.5 Å². The van der Waals surface area contributed by atoms with E-state index in [2.05, 4.69) is 0 Å². The molecule has 0 bridgehead atoms. The van der Waals surface area contributed by atoms with Gasteiger partial charge in [0.2, 0.25) is 0 Å². The number of amides is 2. The molecule has 1 aliphatic rings. The number of hydrogen-bond donors (Lipinski definition) is 1. The van der Waals surface area contributed by atoms with Gasteiger partial charge < -0.3 is 9.84 Å². The van der Waals surface area contributed by atoms with E-state index in [1.165, 1.54) is 25.3 Å². The highest BCUT2D eigenvalue weighted by Gasteiger charge is 2.31. The Morgan fingerprint density at radius 1 is 1.36 bits per heavy atom. The van der Waals surface area contributed by atoms with Gasteiger partial charge in [0, 0.05) is 7.05 Å². The van der Waals surface area contributed by atoms with E-state index in [0.29, 0.717) is 5.56 Å². The summed E-state index contributed by atoms with van der Waals surface area (Å²) in [5, 5.41) is 8.43. The minimum atomic E-state index is -1.16. The van der Waals surface area contributed by atoms with E-state index in [0.717, 1.165) is 16.7 Å². The largest absolute Gasteiger partial charge is 0.479 e. The summed E-state index contributed by atoms with van der Waals surface area (Å²) in [5.41, 5.74) is 0.497. The van der Waals surface area contributed by atoms with Crippen LogP contribution in [0, 0.1) is 0 Å².